The number of hydrogen-bond acceptors (Lipinski definition) is 6. The van der Waals surface area contributed by atoms with E-state index in [9.17, 15) is 4.79 Å². The van der Waals surface area contributed by atoms with Crippen molar-refractivity contribution in [1.29, 1.82) is 0 Å². The van der Waals surface area contributed by atoms with Crippen LogP contribution in [-0.2, 0) is 17.8 Å². The molecule has 0 atom stereocenters. The van der Waals surface area contributed by atoms with E-state index in [0.29, 0.717) is 12.2 Å². The third-order valence-corrected chi connectivity index (χ3v) is 7.07. The summed E-state index contributed by atoms with van der Waals surface area (Å²) in [6.07, 6.45) is 1.71. The molecule has 0 unspecified atom stereocenters. The lowest BCUT2D eigenvalue weighted by atomic mass is 10.1. The van der Waals surface area contributed by atoms with Gasteiger partial charge in [-0.3, -0.25) is 9.69 Å². The number of amides is 1. The van der Waals surface area contributed by atoms with Gasteiger partial charge in [-0.15, -0.1) is 0 Å². The molecule has 0 radical (unpaired) electrons. The smallest absolute Gasteiger partial charge is 0.255 e. The summed E-state index contributed by atoms with van der Waals surface area (Å²) < 4.78 is 11.6. The van der Waals surface area contributed by atoms with Crippen molar-refractivity contribution in [2.45, 2.75) is 13.1 Å². The van der Waals surface area contributed by atoms with Crippen molar-refractivity contribution in [2.24, 2.45) is 0 Å². The predicted molar refractivity (Wildman–Crippen MR) is 145 cm³/mol. The van der Waals surface area contributed by atoms with Crippen molar-refractivity contribution in [3.8, 4) is 5.75 Å². The third-order valence-electron chi connectivity index (χ3n) is 7.07. The second-order valence-electron chi connectivity index (χ2n) is 9.44. The molecule has 1 aromatic heterocycles. The van der Waals surface area contributed by atoms with Crippen LogP contribution in [0, 0.1) is 0 Å². The third kappa shape index (κ3) is 5.14. The lowest BCUT2D eigenvalue weighted by Gasteiger charge is -2.26. The van der Waals surface area contributed by atoms with Crippen LogP contribution in [0.5, 0.6) is 5.75 Å². The highest BCUT2D eigenvalue weighted by Crippen LogP contribution is 2.32. The maximum atomic E-state index is 13.3. The molecule has 7 nitrogen and oxygen atoms in total. The Balaban J connectivity index is 1.16. The van der Waals surface area contributed by atoms with Crippen LogP contribution in [0.3, 0.4) is 0 Å². The van der Waals surface area contributed by atoms with Gasteiger partial charge in [0.1, 0.15) is 18.2 Å². The van der Waals surface area contributed by atoms with E-state index in [4.69, 9.17) is 9.47 Å². The largest absolute Gasteiger partial charge is 0.492 e. The van der Waals surface area contributed by atoms with Gasteiger partial charge >= 0.3 is 0 Å². The lowest BCUT2D eigenvalue weighted by Crippen LogP contribution is -2.38. The number of nitrogens with zero attached hydrogens (tertiary/aromatic N) is 3. The Kier molecular flexibility index (Phi) is 6.71. The van der Waals surface area contributed by atoms with Crippen LogP contribution >= 0.6 is 0 Å². The first-order valence-electron chi connectivity index (χ1n) is 12.8. The van der Waals surface area contributed by atoms with Gasteiger partial charge in [0.25, 0.3) is 5.91 Å². The highest BCUT2D eigenvalue weighted by molar-refractivity contribution is 6.10. The summed E-state index contributed by atoms with van der Waals surface area (Å²) in [5.41, 5.74) is 3.94. The summed E-state index contributed by atoms with van der Waals surface area (Å²) in [4.78, 5) is 22.4. The number of carbonyl (C=O) groups is 1. The van der Waals surface area contributed by atoms with Crippen LogP contribution < -0.4 is 15.0 Å². The van der Waals surface area contributed by atoms with E-state index in [0.717, 1.165) is 74.0 Å². The number of pyridine rings is 1. The molecule has 1 fully saturated rings. The van der Waals surface area contributed by atoms with Crippen LogP contribution in [-0.4, -0.2) is 55.2 Å². The number of ether oxygens (including phenoxy) is 2. The number of hydrogen-bond donors (Lipinski definition) is 1. The molecular weight excluding hydrogens is 464 g/mol. The number of rotatable bonds is 7. The van der Waals surface area contributed by atoms with Gasteiger partial charge in [0.2, 0.25) is 0 Å². The molecule has 1 N–H and O–H groups in total. The standard InChI is InChI=1S/C30H30N4O3/c35-30(22-11-12-31-29(19-22)34-20-23-5-1-2-6-24(23)21-34)32-27-9-10-28(26-8-4-3-7-25(26)27)37-18-15-33-13-16-36-17-14-33/h1-12,19H,13-18,20-21H2,(H,32,35). The van der Waals surface area contributed by atoms with Crippen molar-refractivity contribution in [3.63, 3.8) is 0 Å². The minimum Gasteiger partial charge on any atom is -0.492 e. The Morgan fingerprint density at radius 2 is 1.65 bits per heavy atom. The lowest BCUT2D eigenvalue weighted by molar-refractivity contribution is 0.0323. The van der Waals surface area contributed by atoms with E-state index < -0.39 is 0 Å². The summed E-state index contributed by atoms with van der Waals surface area (Å²) >= 11 is 0. The topological polar surface area (TPSA) is 66.9 Å². The fourth-order valence-corrected chi connectivity index (χ4v) is 5.04. The highest BCUT2D eigenvalue weighted by Gasteiger charge is 2.21. The molecule has 4 aromatic rings. The van der Waals surface area contributed by atoms with Crippen LogP contribution in [0.2, 0.25) is 0 Å². The average molecular weight is 495 g/mol. The average Bonchev–Trinajstić information content (AvgIpc) is 3.39. The molecule has 2 aliphatic rings. The first-order chi connectivity index (χ1) is 18.2. The second kappa shape index (κ2) is 10.6. The Morgan fingerprint density at radius 3 is 2.43 bits per heavy atom. The molecule has 2 aliphatic heterocycles. The summed E-state index contributed by atoms with van der Waals surface area (Å²) in [6, 6.07) is 23.9. The van der Waals surface area contributed by atoms with Crippen LogP contribution in [0.1, 0.15) is 21.5 Å². The van der Waals surface area contributed by atoms with Gasteiger partial charge in [-0.1, -0.05) is 48.5 Å². The molecule has 3 heterocycles. The first kappa shape index (κ1) is 23.5. The molecule has 1 saturated heterocycles. The van der Waals surface area contributed by atoms with Crippen molar-refractivity contribution >= 4 is 28.2 Å². The highest BCUT2D eigenvalue weighted by atomic mass is 16.5. The molecule has 1 amide bonds. The number of benzene rings is 3. The van der Waals surface area contributed by atoms with E-state index in [1.54, 1.807) is 12.3 Å². The number of aromatic nitrogens is 1. The fourth-order valence-electron chi connectivity index (χ4n) is 5.04. The zero-order valence-electron chi connectivity index (χ0n) is 20.7. The summed E-state index contributed by atoms with van der Waals surface area (Å²) in [5.74, 6) is 1.46. The Labute approximate surface area is 216 Å². The Hall–Kier alpha value is -3.94. The summed E-state index contributed by atoms with van der Waals surface area (Å²) in [6.45, 7) is 6.51. The molecule has 188 valence electrons. The SMILES string of the molecule is O=C(Nc1ccc(OCCN2CCOCC2)c2ccccc12)c1ccnc(N2Cc3ccccc3C2)c1. The zero-order chi connectivity index (χ0) is 25.0. The second-order valence-corrected chi connectivity index (χ2v) is 9.44. The van der Waals surface area contributed by atoms with Crippen molar-refractivity contribution < 1.29 is 14.3 Å². The van der Waals surface area contributed by atoms with Crippen LogP contribution in [0.4, 0.5) is 11.5 Å². The van der Waals surface area contributed by atoms with Crippen LogP contribution in [0.25, 0.3) is 10.8 Å². The molecule has 37 heavy (non-hydrogen) atoms. The molecule has 0 bridgehead atoms. The molecule has 0 spiro atoms. The van der Waals surface area contributed by atoms with Gasteiger partial charge < -0.3 is 19.7 Å². The number of carbonyl (C=O) groups excluding carboxylic acids is 1. The first-order valence-corrected chi connectivity index (χ1v) is 12.8. The van der Waals surface area contributed by atoms with Gasteiger partial charge in [-0.05, 0) is 35.4 Å². The number of anilines is 2. The van der Waals surface area contributed by atoms with Gasteiger partial charge in [0.15, 0.2) is 0 Å². The number of nitrogens with one attached hydrogen (secondary N) is 1. The fraction of sp³-hybridized carbons (Fsp3) is 0.267. The van der Waals surface area contributed by atoms with E-state index in [1.165, 1.54) is 11.1 Å². The number of morpholine rings is 1. The van der Waals surface area contributed by atoms with E-state index in [-0.39, 0.29) is 5.91 Å². The minimum atomic E-state index is -0.161. The molecule has 0 aliphatic carbocycles. The van der Waals surface area contributed by atoms with Crippen molar-refractivity contribution in [2.75, 3.05) is 49.7 Å². The van der Waals surface area contributed by atoms with E-state index >= 15 is 0 Å². The van der Waals surface area contributed by atoms with Gasteiger partial charge in [0.05, 0.1) is 13.2 Å². The van der Waals surface area contributed by atoms with Gasteiger partial charge in [-0.25, -0.2) is 4.98 Å². The molecule has 6 rings (SSSR count). The Bertz CT molecular complexity index is 1390. The number of fused-ring (bicyclic) bond motifs is 2. The van der Waals surface area contributed by atoms with Crippen molar-refractivity contribution in [3.05, 3.63) is 95.7 Å². The van der Waals surface area contributed by atoms with Gasteiger partial charge in [-0.2, -0.15) is 0 Å². The quantitative estimate of drug-likeness (QED) is 0.401. The maximum Gasteiger partial charge on any atom is 0.255 e. The van der Waals surface area contributed by atoms with Crippen LogP contribution in [0.15, 0.2) is 79.0 Å². The zero-order valence-corrected chi connectivity index (χ0v) is 20.7. The van der Waals surface area contributed by atoms with Gasteiger partial charge in [0, 0.05) is 60.9 Å². The summed E-state index contributed by atoms with van der Waals surface area (Å²) in [5, 5.41) is 5.04. The minimum absolute atomic E-state index is 0.161. The molecular formula is C30H30N4O3. The van der Waals surface area contributed by atoms with E-state index in [2.05, 4.69) is 44.4 Å². The normalized spacial score (nSPS) is 15.5. The summed E-state index contributed by atoms with van der Waals surface area (Å²) in [7, 11) is 0. The van der Waals surface area contributed by atoms with E-state index in [1.807, 2.05) is 42.5 Å². The predicted octanol–water partition coefficient (Wildman–Crippen LogP) is 4.72. The molecule has 3 aromatic carbocycles. The molecule has 7 heteroatoms. The van der Waals surface area contributed by atoms with Crippen molar-refractivity contribution in [1.82, 2.24) is 9.88 Å². The molecule has 0 saturated carbocycles. The Morgan fingerprint density at radius 1 is 0.919 bits per heavy atom. The maximum absolute atomic E-state index is 13.3. The monoisotopic (exact) mass is 494 g/mol.